The van der Waals surface area contributed by atoms with E-state index in [1.807, 2.05) is 6.07 Å². The van der Waals surface area contributed by atoms with E-state index in [9.17, 15) is 13.2 Å². The minimum atomic E-state index is -3.21. The highest BCUT2D eigenvalue weighted by Gasteiger charge is 2.28. The molecule has 1 fully saturated rings. The maximum Gasteiger partial charge on any atom is 0.257 e. The lowest BCUT2D eigenvalue weighted by molar-refractivity contribution is 0.102. The van der Waals surface area contributed by atoms with E-state index in [0.29, 0.717) is 34.2 Å². The number of amides is 1. The van der Waals surface area contributed by atoms with Gasteiger partial charge in [-0.25, -0.2) is 8.42 Å². The van der Waals surface area contributed by atoms with E-state index >= 15 is 0 Å². The van der Waals surface area contributed by atoms with Crippen LogP contribution in [0.15, 0.2) is 48.8 Å². The molecule has 0 atom stereocenters. The average Bonchev–Trinajstić information content (AvgIpc) is 3.34. The van der Waals surface area contributed by atoms with Crippen molar-refractivity contribution >= 4 is 50.2 Å². The molecule has 6 nitrogen and oxygen atoms in total. The molecular weight excluding hydrogens is 406 g/mol. The van der Waals surface area contributed by atoms with Gasteiger partial charge in [0, 0.05) is 35.1 Å². The zero-order valence-corrected chi connectivity index (χ0v) is 16.5. The van der Waals surface area contributed by atoms with Crippen molar-refractivity contribution in [3.8, 4) is 10.4 Å². The monoisotopic (exact) mass is 421 g/mol. The van der Waals surface area contributed by atoms with Crippen LogP contribution < -0.4 is 9.62 Å². The maximum absolute atomic E-state index is 12.7. The highest BCUT2D eigenvalue weighted by Crippen LogP contribution is 2.33. The Morgan fingerprint density at radius 1 is 1.15 bits per heavy atom. The van der Waals surface area contributed by atoms with Crippen LogP contribution in [0.25, 0.3) is 10.4 Å². The molecule has 2 N–H and O–H groups in total. The Morgan fingerprint density at radius 2 is 1.93 bits per heavy atom. The third-order valence-corrected chi connectivity index (χ3v) is 7.48. The highest BCUT2D eigenvalue weighted by atomic mass is 35.5. The first kappa shape index (κ1) is 18.1. The van der Waals surface area contributed by atoms with Crippen molar-refractivity contribution in [1.29, 1.82) is 0 Å². The third kappa shape index (κ3) is 3.60. The van der Waals surface area contributed by atoms with Gasteiger partial charge >= 0.3 is 0 Å². The summed E-state index contributed by atoms with van der Waals surface area (Å²) in [4.78, 5) is 16.5. The number of sulfonamides is 1. The summed E-state index contributed by atoms with van der Waals surface area (Å²) in [6, 6.07) is 10.5. The van der Waals surface area contributed by atoms with Crippen LogP contribution in [0, 0.1) is 0 Å². The Balaban J connectivity index is 1.52. The second kappa shape index (κ2) is 7.03. The van der Waals surface area contributed by atoms with Gasteiger partial charge in [-0.15, -0.1) is 11.3 Å². The number of benzene rings is 1. The zero-order chi connectivity index (χ0) is 19.0. The fraction of sp³-hybridized carbons (Fsp3) is 0.167. The van der Waals surface area contributed by atoms with Gasteiger partial charge < -0.3 is 10.3 Å². The van der Waals surface area contributed by atoms with Gasteiger partial charge in [0.05, 0.1) is 21.3 Å². The number of aromatic amines is 1. The number of rotatable bonds is 4. The van der Waals surface area contributed by atoms with Crippen LogP contribution in [-0.4, -0.2) is 31.6 Å². The lowest BCUT2D eigenvalue weighted by Gasteiger charge is -2.17. The zero-order valence-electron chi connectivity index (χ0n) is 14.1. The van der Waals surface area contributed by atoms with Gasteiger partial charge in [-0.2, -0.15) is 0 Å². The van der Waals surface area contributed by atoms with Crippen LogP contribution in [0.3, 0.4) is 0 Å². The predicted molar refractivity (Wildman–Crippen MR) is 109 cm³/mol. The first-order chi connectivity index (χ1) is 12.9. The van der Waals surface area contributed by atoms with Gasteiger partial charge in [0.2, 0.25) is 10.0 Å². The quantitative estimate of drug-likeness (QED) is 0.662. The molecule has 0 spiro atoms. The van der Waals surface area contributed by atoms with E-state index in [1.54, 1.807) is 42.7 Å². The fourth-order valence-electron chi connectivity index (χ4n) is 3.05. The predicted octanol–water partition coefficient (Wildman–Crippen LogP) is 4.19. The maximum atomic E-state index is 12.7. The smallest absolute Gasteiger partial charge is 0.257 e. The number of carbonyl (C=O) groups excluding carboxylic acids is 1. The highest BCUT2D eigenvalue weighted by molar-refractivity contribution is 7.93. The van der Waals surface area contributed by atoms with Crippen LogP contribution >= 0.6 is 22.9 Å². The topological polar surface area (TPSA) is 82.3 Å². The molecule has 1 aliphatic heterocycles. The minimum absolute atomic E-state index is 0.175. The summed E-state index contributed by atoms with van der Waals surface area (Å²) >= 11 is 7.39. The van der Waals surface area contributed by atoms with E-state index in [0.717, 1.165) is 10.4 Å². The van der Waals surface area contributed by atoms with Crippen LogP contribution in [0.2, 0.25) is 4.34 Å². The van der Waals surface area contributed by atoms with E-state index in [4.69, 9.17) is 11.6 Å². The van der Waals surface area contributed by atoms with Crippen molar-refractivity contribution in [3.05, 3.63) is 58.7 Å². The van der Waals surface area contributed by atoms with Gasteiger partial charge in [0.1, 0.15) is 0 Å². The van der Waals surface area contributed by atoms with Crippen molar-refractivity contribution < 1.29 is 13.2 Å². The average molecular weight is 422 g/mol. The van der Waals surface area contributed by atoms with Crippen LogP contribution in [-0.2, 0) is 10.0 Å². The van der Waals surface area contributed by atoms with Gasteiger partial charge in [0.15, 0.2) is 0 Å². The Labute approximate surface area is 165 Å². The number of hydrogen-bond acceptors (Lipinski definition) is 4. The first-order valence-electron chi connectivity index (χ1n) is 8.28. The van der Waals surface area contributed by atoms with E-state index in [-0.39, 0.29) is 11.7 Å². The molecule has 0 saturated carbocycles. The van der Waals surface area contributed by atoms with E-state index in [1.165, 1.54) is 15.6 Å². The molecule has 1 amide bonds. The molecule has 0 radical (unpaired) electrons. The van der Waals surface area contributed by atoms with Crippen molar-refractivity contribution in [2.45, 2.75) is 6.42 Å². The van der Waals surface area contributed by atoms with Gasteiger partial charge in [0.25, 0.3) is 5.91 Å². The summed E-state index contributed by atoms with van der Waals surface area (Å²) in [5, 5.41) is 2.84. The molecular formula is C18H16ClN3O3S2. The fourth-order valence-corrected chi connectivity index (χ4v) is 5.69. The summed E-state index contributed by atoms with van der Waals surface area (Å²) in [5.41, 5.74) is 2.50. The van der Waals surface area contributed by atoms with Crippen molar-refractivity contribution in [1.82, 2.24) is 4.98 Å². The van der Waals surface area contributed by atoms with Gasteiger partial charge in [-0.3, -0.25) is 9.10 Å². The lowest BCUT2D eigenvalue weighted by Crippen LogP contribution is -2.24. The van der Waals surface area contributed by atoms with Gasteiger partial charge in [-0.05, 0) is 42.8 Å². The summed E-state index contributed by atoms with van der Waals surface area (Å²) in [6.45, 7) is 0.490. The summed E-state index contributed by atoms with van der Waals surface area (Å²) in [6.07, 6.45) is 4.03. The molecule has 9 heteroatoms. The summed E-state index contributed by atoms with van der Waals surface area (Å²) in [7, 11) is -3.21. The van der Waals surface area contributed by atoms with E-state index in [2.05, 4.69) is 10.3 Å². The molecule has 0 aliphatic carbocycles. The van der Waals surface area contributed by atoms with Gasteiger partial charge in [-0.1, -0.05) is 11.6 Å². The normalized spacial score (nSPS) is 15.8. The third-order valence-electron chi connectivity index (χ3n) is 4.34. The van der Waals surface area contributed by atoms with Crippen LogP contribution in [0.1, 0.15) is 16.8 Å². The van der Waals surface area contributed by atoms with Crippen molar-refractivity contribution in [3.63, 3.8) is 0 Å². The standard InChI is InChI=1S/C18H16ClN3O3S2/c19-17-7-6-16(26-17)14-10-20-11-15(14)18(23)21-12-2-4-13(5-3-12)22-8-1-9-27(22,24)25/h2-7,10-11,20H,1,8-9H2,(H,21,23). The molecule has 4 rings (SSSR count). The molecule has 0 bridgehead atoms. The SMILES string of the molecule is O=C(Nc1ccc(N2CCCS2(=O)=O)cc1)c1c[nH]cc1-c1ccc(Cl)s1. The Hall–Kier alpha value is -2.29. The minimum Gasteiger partial charge on any atom is -0.366 e. The number of nitrogens with zero attached hydrogens (tertiary/aromatic N) is 1. The molecule has 1 aromatic carbocycles. The second-order valence-corrected chi connectivity index (χ2v) is 9.86. The summed E-state index contributed by atoms with van der Waals surface area (Å²) in [5.74, 6) is -0.0774. The molecule has 0 unspecified atom stereocenters. The second-order valence-electron chi connectivity index (χ2n) is 6.13. The summed E-state index contributed by atoms with van der Waals surface area (Å²) < 4.78 is 26.1. The number of thiophene rings is 1. The number of aromatic nitrogens is 1. The lowest BCUT2D eigenvalue weighted by atomic mass is 10.1. The van der Waals surface area contributed by atoms with Crippen molar-refractivity contribution in [2.24, 2.45) is 0 Å². The molecule has 1 saturated heterocycles. The molecule has 3 aromatic rings. The number of carbonyl (C=O) groups is 1. The van der Waals surface area contributed by atoms with E-state index < -0.39 is 10.0 Å². The van der Waals surface area contributed by atoms with Crippen LogP contribution in [0.4, 0.5) is 11.4 Å². The largest absolute Gasteiger partial charge is 0.366 e. The Morgan fingerprint density at radius 3 is 2.56 bits per heavy atom. The Bertz CT molecular complexity index is 1090. The number of hydrogen-bond donors (Lipinski definition) is 2. The van der Waals surface area contributed by atoms with Crippen molar-refractivity contribution in [2.75, 3.05) is 21.9 Å². The molecule has 27 heavy (non-hydrogen) atoms. The molecule has 3 heterocycles. The first-order valence-corrected chi connectivity index (χ1v) is 11.1. The molecule has 2 aromatic heterocycles. The molecule has 1 aliphatic rings. The molecule has 140 valence electrons. The number of anilines is 2. The number of halogens is 1. The van der Waals surface area contributed by atoms with Crippen LogP contribution in [0.5, 0.6) is 0 Å². The number of H-pyrrole nitrogens is 1. The number of nitrogens with one attached hydrogen (secondary N) is 2. The Kier molecular flexibility index (Phi) is 4.71.